The summed E-state index contributed by atoms with van der Waals surface area (Å²) in [7, 11) is 0. The lowest BCUT2D eigenvalue weighted by atomic mass is 10.3. The Morgan fingerprint density at radius 1 is 0.833 bits per heavy atom. The number of hydrogen-bond donors (Lipinski definition) is 0. The maximum Gasteiger partial charge on any atom is 0.302 e. The van der Waals surface area contributed by atoms with Gasteiger partial charge in [-0.1, -0.05) is 31.5 Å². The first-order valence-corrected chi connectivity index (χ1v) is 8.08. The lowest BCUT2D eigenvalue weighted by Crippen LogP contribution is -2.09. The van der Waals surface area contributed by atoms with E-state index in [0.717, 1.165) is 25.2 Å². The number of benzene rings is 1. The number of carbonyl (C=O) groups excluding carboxylic acids is 2. The second-order valence-electron chi connectivity index (χ2n) is 4.81. The zero-order valence-corrected chi connectivity index (χ0v) is 14.8. The van der Waals surface area contributed by atoms with Crippen LogP contribution < -0.4 is 4.74 Å². The van der Waals surface area contributed by atoms with Gasteiger partial charge in [-0.3, -0.25) is 9.59 Å². The predicted molar refractivity (Wildman–Crippen MR) is 90.9 cm³/mol. The molecule has 6 nitrogen and oxygen atoms in total. The molecule has 0 spiro atoms. The van der Waals surface area contributed by atoms with Gasteiger partial charge in [-0.05, 0) is 18.6 Å². The molecule has 0 radical (unpaired) electrons. The third-order valence-electron chi connectivity index (χ3n) is 2.58. The van der Waals surface area contributed by atoms with E-state index in [4.69, 9.17) is 14.2 Å². The van der Waals surface area contributed by atoms with Crippen LogP contribution >= 0.6 is 0 Å². The van der Waals surface area contributed by atoms with Crippen molar-refractivity contribution >= 4 is 11.9 Å². The van der Waals surface area contributed by atoms with Crippen molar-refractivity contribution < 1.29 is 28.5 Å². The largest absolute Gasteiger partial charge is 0.490 e. The van der Waals surface area contributed by atoms with E-state index in [-0.39, 0.29) is 11.9 Å². The van der Waals surface area contributed by atoms with Gasteiger partial charge in [-0.15, -0.1) is 0 Å². The fourth-order valence-electron chi connectivity index (χ4n) is 1.45. The molecule has 0 aliphatic heterocycles. The first kappa shape index (κ1) is 21.9. The molecular weight excluding hydrogens is 312 g/mol. The minimum Gasteiger partial charge on any atom is -0.490 e. The Bertz CT molecular complexity index is 432. The van der Waals surface area contributed by atoms with Crippen molar-refractivity contribution in [2.45, 2.75) is 33.6 Å². The molecule has 0 N–H and O–H groups in total. The number of rotatable bonds is 10. The van der Waals surface area contributed by atoms with Crippen LogP contribution in [-0.4, -0.2) is 45.0 Å². The Balaban J connectivity index is 0.000000449. The molecule has 0 unspecified atom stereocenters. The van der Waals surface area contributed by atoms with Crippen LogP contribution in [0.15, 0.2) is 30.3 Å². The second kappa shape index (κ2) is 15.8. The number of hydrogen-bond acceptors (Lipinski definition) is 6. The van der Waals surface area contributed by atoms with E-state index in [1.807, 2.05) is 30.3 Å². The highest BCUT2D eigenvalue weighted by Crippen LogP contribution is 2.07. The maximum absolute atomic E-state index is 10.4. The molecule has 0 saturated carbocycles. The highest BCUT2D eigenvalue weighted by Gasteiger charge is 1.94. The molecule has 0 fully saturated rings. The van der Waals surface area contributed by atoms with Crippen LogP contribution in [-0.2, 0) is 23.8 Å². The van der Waals surface area contributed by atoms with E-state index in [0.29, 0.717) is 26.4 Å². The van der Waals surface area contributed by atoms with Crippen LogP contribution in [0.3, 0.4) is 0 Å². The van der Waals surface area contributed by atoms with Crippen molar-refractivity contribution in [3.05, 3.63) is 30.3 Å². The summed E-state index contributed by atoms with van der Waals surface area (Å²) in [5.41, 5.74) is 0. The van der Waals surface area contributed by atoms with Gasteiger partial charge in [0.2, 0.25) is 0 Å². The normalized spacial score (nSPS) is 9.46. The first-order chi connectivity index (χ1) is 11.6. The van der Waals surface area contributed by atoms with E-state index in [9.17, 15) is 9.59 Å². The van der Waals surface area contributed by atoms with Gasteiger partial charge in [0.15, 0.2) is 0 Å². The Kier molecular flexibility index (Phi) is 14.4. The SMILES string of the molecule is CC(=O)OCCOc1ccccc1.CCCCOCCOC(C)=O. The summed E-state index contributed by atoms with van der Waals surface area (Å²) in [4.78, 5) is 20.6. The zero-order chi connectivity index (χ0) is 18.0. The van der Waals surface area contributed by atoms with Crippen LogP contribution in [0.5, 0.6) is 5.75 Å². The molecule has 0 aliphatic carbocycles. The molecule has 1 aromatic rings. The van der Waals surface area contributed by atoms with Crippen molar-refractivity contribution in [2.24, 2.45) is 0 Å². The van der Waals surface area contributed by atoms with E-state index in [2.05, 4.69) is 11.7 Å². The van der Waals surface area contributed by atoms with Gasteiger partial charge < -0.3 is 18.9 Å². The molecule has 1 rings (SSSR count). The fraction of sp³-hybridized carbons (Fsp3) is 0.556. The van der Waals surface area contributed by atoms with Crippen LogP contribution in [0.4, 0.5) is 0 Å². The Morgan fingerprint density at radius 3 is 1.96 bits per heavy atom. The van der Waals surface area contributed by atoms with Gasteiger partial charge in [-0.25, -0.2) is 0 Å². The van der Waals surface area contributed by atoms with Gasteiger partial charge >= 0.3 is 11.9 Å². The minimum atomic E-state index is -0.281. The van der Waals surface area contributed by atoms with Crippen molar-refractivity contribution in [3.8, 4) is 5.75 Å². The molecule has 136 valence electrons. The second-order valence-corrected chi connectivity index (χ2v) is 4.81. The monoisotopic (exact) mass is 340 g/mol. The van der Waals surface area contributed by atoms with Gasteiger partial charge in [0, 0.05) is 20.5 Å². The lowest BCUT2D eigenvalue weighted by molar-refractivity contribution is -0.143. The molecule has 0 aliphatic rings. The number of unbranched alkanes of at least 4 members (excludes halogenated alkanes) is 1. The summed E-state index contributed by atoms with van der Waals surface area (Å²) in [5, 5.41) is 0. The molecule has 0 amide bonds. The molecule has 6 heteroatoms. The molecule has 24 heavy (non-hydrogen) atoms. The zero-order valence-electron chi connectivity index (χ0n) is 14.8. The summed E-state index contributed by atoms with van der Waals surface area (Å²) in [6.45, 7) is 7.22. The summed E-state index contributed by atoms with van der Waals surface area (Å²) in [6.07, 6.45) is 2.20. The van der Waals surface area contributed by atoms with Crippen molar-refractivity contribution in [1.29, 1.82) is 0 Å². The topological polar surface area (TPSA) is 71.1 Å². The number of para-hydroxylation sites is 1. The van der Waals surface area contributed by atoms with Crippen LogP contribution in [0.1, 0.15) is 33.6 Å². The highest BCUT2D eigenvalue weighted by atomic mass is 16.6. The van der Waals surface area contributed by atoms with Gasteiger partial charge in [0.25, 0.3) is 0 Å². The van der Waals surface area contributed by atoms with Gasteiger partial charge in [0.05, 0.1) is 6.61 Å². The quantitative estimate of drug-likeness (QED) is 0.482. The third kappa shape index (κ3) is 16.3. The average molecular weight is 340 g/mol. The Hall–Kier alpha value is -2.08. The van der Waals surface area contributed by atoms with Gasteiger partial charge in [0.1, 0.15) is 25.6 Å². The summed E-state index contributed by atoms with van der Waals surface area (Å²) in [6, 6.07) is 9.41. The Labute approximate surface area is 144 Å². The molecule has 0 heterocycles. The molecule has 0 atom stereocenters. The van der Waals surface area contributed by atoms with E-state index in [1.54, 1.807) is 0 Å². The molecule has 0 aromatic heterocycles. The number of carbonyl (C=O) groups is 2. The maximum atomic E-state index is 10.4. The highest BCUT2D eigenvalue weighted by molar-refractivity contribution is 5.66. The van der Waals surface area contributed by atoms with Crippen LogP contribution in [0.25, 0.3) is 0 Å². The molecule has 0 bridgehead atoms. The van der Waals surface area contributed by atoms with E-state index >= 15 is 0 Å². The summed E-state index contributed by atoms with van der Waals surface area (Å²) < 4.78 is 19.8. The Morgan fingerprint density at radius 2 is 1.42 bits per heavy atom. The van der Waals surface area contributed by atoms with Crippen molar-refractivity contribution in [1.82, 2.24) is 0 Å². The summed E-state index contributed by atoms with van der Waals surface area (Å²) in [5.74, 6) is 0.260. The lowest BCUT2D eigenvalue weighted by Gasteiger charge is -2.05. The van der Waals surface area contributed by atoms with Crippen molar-refractivity contribution in [3.63, 3.8) is 0 Å². The summed E-state index contributed by atoms with van der Waals surface area (Å²) >= 11 is 0. The third-order valence-corrected chi connectivity index (χ3v) is 2.58. The molecular formula is C18H28O6. The predicted octanol–water partition coefficient (Wildman–Crippen LogP) is 2.99. The van der Waals surface area contributed by atoms with Crippen molar-refractivity contribution in [2.75, 3.05) is 33.0 Å². The minimum absolute atomic E-state index is 0.246. The van der Waals surface area contributed by atoms with E-state index < -0.39 is 0 Å². The average Bonchev–Trinajstić information content (AvgIpc) is 2.56. The van der Waals surface area contributed by atoms with Crippen LogP contribution in [0, 0.1) is 0 Å². The van der Waals surface area contributed by atoms with Gasteiger partial charge in [-0.2, -0.15) is 0 Å². The smallest absolute Gasteiger partial charge is 0.302 e. The number of ether oxygens (including phenoxy) is 4. The standard InChI is InChI=1S/C10H12O3.C8H16O3/c1-9(11)12-7-8-13-10-5-3-2-4-6-10;1-3-4-5-10-6-7-11-8(2)9/h2-6H,7-8H2,1H3;3-7H2,1-2H3. The number of esters is 2. The van der Waals surface area contributed by atoms with E-state index in [1.165, 1.54) is 13.8 Å². The fourth-order valence-corrected chi connectivity index (χ4v) is 1.45. The molecule has 0 saturated heterocycles. The molecule has 1 aromatic carbocycles. The first-order valence-electron chi connectivity index (χ1n) is 8.08. The van der Waals surface area contributed by atoms with Crippen LogP contribution in [0.2, 0.25) is 0 Å².